The summed E-state index contributed by atoms with van der Waals surface area (Å²) < 4.78 is 34.0. The van der Waals surface area contributed by atoms with Crippen LogP contribution in [0.15, 0.2) is 24.7 Å². The molecule has 5 heteroatoms. The van der Waals surface area contributed by atoms with E-state index >= 15 is 0 Å². The minimum absolute atomic E-state index is 0.529. The quantitative estimate of drug-likeness (QED) is 0.0346. The molecule has 0 aromatic carbocycles. The molecule has 0 N–H and O–H groups in total. The first-order chi connectivity index (χ1) is 30.1. The van der Waals surface area contributed by atoms with Crippen molar-refractivity contribution in [2.45, 2.75) is 310 Å². The molecule has 0 bridgehead atoms. The number of rotatable bonds is 52. The van der Waals surface area contributed by atoms with Crippen LogP contribution in [-0.2, 0) is 23.7 Å². The van der Waals surface area contributed by atoms with Crippen molar-refractivity contribution in [3.63, 3.8) is 0 Å². The highest BCUT2D eigenvalue weighted by atomic mass is 16.8. The van der Waals surface area contributed by atoms with Crippen molar-refractivity contribution in [2.75, 3.05) is 26.4 Å². The van der Waals surface area contributed by atoms with E-state index in [9.17, 15) is 0 Å². The molecule has 0 saturated carbocycles. The van der Waals surface area contributed by atoms with Crippen LogP contribution in [0.5, 0.6) is 0 Å². The molecule has 0 spiro atoms. The van der Waals surface area contributed by atoms with Crippen molar-refractivity contribution in [1.82, 2.24) is 0 Å². The molecule has 0 aliphatic carbocycles. The van der Waals surface area contributed by atoms with Crippen molar-refractivity contribution in [3.8, 4) is 0 Å². The molecule has 5 nitrogen and oxygen atoms in total. The second kappa shape index (κ2) is 48.4. The molecule has 0 heterocycles. The molecule has 364 valence electrons. The van der Waals surface area contributed by atoms with Crippen LogP contribution in [0.25, 0.3) is 0 Å². The molecule has 0 amide bonds. The molecule has 0 fully saturated rings. The van der Waals surface area contributed by atoms with Gasteiger partial charge in [0.2, 0.25) is 0 Å². The summed E-state index contributed by atoms with van der Waals surface area (Å²) in [4.78, 5) is 0. The molecule has 0 aliphatic heterocycles. The normalized spacial score (nSPS) is 12.4. The summed E-state index contributed by atoms with van der Waals surface area (Å²) in [6.45, 7) is 15.8. The SMILES string of the molecule is CCCC=COCCOC(CCCCCCCCCC)(CCCCCCCCCC)OC(CCCCCCCCCC)(CCCCCCCCCC)OCCOC=CCCC. The zero-order valence-electron chi connectivity index (χ0n) is 42.5. The molecular formula is C56H110O5. The van der Waals surface area contributed by atoms with E-state index in [1.165, 1.54) is 180 Å². The van der Waals surface area contributed by atoms with Gasteiger partial charge in [0.1, 0.15) is 13.2 Å². The van der Waals surface area contributed by atoms with Gasteiger partial charge in [-0.25, -0.2) is 0 Å². The first-order valence-corrected chi connectivity index (χ1v) is 27.6. The van der Waals surface area contributed by atoms with Crippen molar-refractivity contribution in [2.24, 2.45) is 0 Å². The van der Waals surface area contributed by atoms with Gasteiger partial charge < -0.3 is 23.7 Å². The topological polar surface area (TPSA) is 46.2 Å². The van der Waals surface area contributed by atoms with Gasteiger partial charge in [-0.05, 0) is 50.7 Å². The second-order valence-electron chi connectivity index (χ2n) is 18.6. The van der Waals surface area contributed by atoms with Gasteiger partial charge in [-0.2, -0.15) is 0 Å². The summed E-state index contributed by atoms with van der Waals surface area (Å²) in [6, 6.07) is 0. The van der Waals surface area contributed by atoms with Crippen LogP contribution in [0, 0.1) is 0 Å². The molecule has 0 atom stereocenters. The highest BCUT2D eigenvalue weighted by molar-refractivity contribution is 4.81. The Morgan fingerprint density at radius 1 is 0.279 bits per heavy atom. The van der Waals surface area contributed by atoms with Crippen molar-refractivity contribution in [3.05, 3.63) is 24.7 Å². The zero-order valence-corrected chi connectivity index (χ0v) is 42.5. The molecule has 0 radical (unpaired) electrons. The average molecular weight is 863 g/mol. The lowest BCUT2D eigenvalue weighted by molar-refractivity contribution is -0.371. The zero-order chi connectivity index (χ0) is 44.5. The molecule has 0 aromatic rings. The Balaban J connectivity index is 6.55. The Kier molecular flexibility index (Phi) is 47.6. The van der Waals surface area contributed by atoms with E-state index in [2.05, 4.69) is 53.7 Å². The first kappa shape index (κ1) is 60.0. The van der Waals surface area contributed by atoms with E-state index in [0.29, 0.717) is 26.4 Å². The number of hydrogen-bond acceptors (Lipinski definition) is 5. The molecule has 0 rings (SSSR count). The minimum Gasteiger partial charge on any atom is -0.499 e. The lowest BCUT2D eigenvalue weighted by Crippen LogP contribution is -2.49. The summed E-state index contributed by atoms with van der Waals surface area (Å²) in [6.07, 6.45) is 57.5. The van der Waals surface area contributed by atoms with Gasteiger partial charge in [0, 0.05) is 25.7 Å². The van der Waals surface area contributed by atoms with Gasteiger partial charge in [-0.15, -0.1) is 0 Å². The van der Waals surface area contributed by atoms with Crippen molar-refractivity contribution < 1.29 is 23.7 Å². The van der Waals surface area contributed by atoms with Gasteiger partial charge in [0.05, 0.1) is 25.7 Å². The van der Waals surface area contributed by atoms with E-state index in [0.717, 1.165) is 77.0 Å². The molecule has 0 aromatic heterocycles. The van der Waals surface area contributed by atoms with Gasteiger partial charge in [-0.1, -0.05) is 234 Å². The maximum absolute atomic E-state index is 7.76. The van der Waals surface area contributed by atoms with Crippen LogP contribution in [0.4, 0.5) is 0 Å². The number of unbranched alkanes of at least 4 members (excludes halogenated alkanes) is 30. The summed E-state index contributed by atoms with van der Waals surface area (Å²) in [5.74, 6) is -1.38. The van der Waals surface area contributed by atoms with Crippen LogP contribution in [0.2, 0.25) is 0 Å². The second-order valence-corrected chi connectivity index (χ2v) is 18.6. The summed E-state index contributed by atoms with van der Waals surface area (Å²) >= 11 is 0. The Hall–Kier alpha value is -1.04. The van der Waals surface area contributed by atoms with Crippen LogP contribution < -0.4 is 0 Å². The highest BCUT2D eigenvalue weighted by Gasteiger charge is 2.43. The third-order valence-electron chi connectivity index (χ3n) is 12.4. The molecule has 0 unspecified atom stereocenters. The Labute approximate surface area is 383 Å². The van der Waals surface area contributed by atoms with Crippen LogP contribution in [-0.4, -0.2) is 38.0 Å². The van der Waals surface area contributed by atoms with Crippen LogP contribution >= 0.6 is 0 Å². The fourth-order valence-electron chi connectivity index (χ4n) is 8.55. The highest BCUT2D eigenvalue weighted by Crippen LogP contribution is 2.39. The van der Waals surface area contributed by atoms with E-state index in [4.69, 9.17) is 23.7 Å². The predicted molar refractivity (Wildman–Crippen MR) is 267 cm³/mol. The standard InChI is InChI=1S/C56H110O5/c1-7-13-19-23-27-31-35-39-45-55(59-53-51-57-49-43-17-11-5,46-40-36-32-28-24-20-14-8-2)61-56(60-54-52-58-50-44-18-12-6,47-41-37-33-29-25-21-15-9-3)48-42-38-34-30-26-22-16-10-4/h43-44,49-50H,7-42,45-48,51-54H2,1-6H3. The van der Waals surface area contributed by atoms with Gasteiger partial charge in [0.25, 0.3) is 0 Å². The van der Waals surface area contributed by atoms with E-state index in [1.54, 1.807) is 0 Å². The predicted octanol–water partition coefficient (Wildman–Crippen LogP) is 19.2. The van der Waals surface area contributed by atoms with E-state index in [1.807, 2.05) is 12.5 Å². The van der Waals surface area contributed by atoms with Crippen LogP contribution in [0.1, 0.15) is 298 Å². The lowest BCUT2D eigenvalue weighted by atomic mass is 9.95. The summed E-state index contributed by atoms with van der Waals surface area (Å²) in [5, 5.41) is 0. The Bertz CT molecular complexity index is 776. The summed E-state index contributed by atoms with van der Waals surface area (Å²) in [5.41, 5.74) is 0. The molecule has 61 heavy (non-hydrogen) atoms. The Morgan fingerprint density at radius 3 is 0.770 bits per heavy atom. The van der Waals surface area contributed by atoms with Gasteiger partial charge in [0.15, 0.2) is 11.6 Å². The monoisotopic (exact) mass is 863 g/mol. The third kappa shape index (κ3) is 40.2. The lowest BCUT2D eigenvalue weighted by Gasteiger charge is -2.44. The number of allylic oxidation sites excluding steroid dienone is 2. The maximum Gasteiger partial charge on any atom is 0.171 e. The fourth-order valence-corrected chi connectivity index (χ4v) is 8.55. The third-order valence-corrected chi connectivity index (χ3v) is 12.4. The van der Waals surface area contributed by atoms with Crippen molar-refractivity contribution >= 4 is 0 Å². The minimum atomic E-state index is -0.691. The number of ether oxygens (including phenoxy) is 5. The maximum atomic E-state index is 7.76. The van der Waals surface area contributed by atoms with Gasteiger partial charge in [-0.3, -0.25) is 0 Å². The fraction of sp³-hybridized carbons (Fsp3) is 0.929. The smallest absolute Gasteiger partial charge is 0.171 e. The van der Waals surface area contributed by atoms with E-state index < -0.39 is 11.6 Å². The molecular weight excluding hydrogens is 753 g/mol. The molecule has 0 aliphatic rings. The van der Waals surface area contributed by atoms with Crippen molar-refractivity contribution in [1.29, 1.82) is 0 Å². The first-order valence-electron chi connectivity index (χ1n) is 27.6. The average Bonchev–Trinajstić information content (AvgIpc) is 3.26. The Morgan fingerprint density at radius 2 is 0.525 bits per heavy atom. The van der Waals surface area contributed by atoms with Gasteiger partial charge >= 0.3 is 0 Å². The molecule has 0 saturated heterocycles. The van der Waals surface area contributed by atoms with E-state index in [-0.39, 0.29) is 0 Å². The largest absolute Gasteiger partial charge is 0.499 e. The summed E-state index contributed by atoms with van der Waals surface area (Å²) in [7, 11) is 0. The number of hydrogen-bond donors (Lipinski definition) is 0. The van der Waals surface area contributed by atoms with Crippen LogP contribution in [0.3, 0.4) is 0 Å².